The lowest BCUT2D eigenvalue weighted by molar-refractivity contribution is -0.122. The zero-order valence-corrected chi connectivity index (χ0v) is 15.4. The topological polar surface area (TPSA) is 70.2 Å². The van der Waals surface area contributed by atoms with E-state index in [1.165, 1.54) is 0 Å². The SMILES string of the molecule is CC(NC(=O)CC1C=CCC1)c1ccc(NC(=O)Nc2ccccc2)cc1. The molecule has 0 bridgehead atoms. The van der Waals surface area contributed by atoms with Crippen LogP contribution in [-0.4, -0.2) is 11.9 Å². The fourth-order valence-electron chi connectivity index (χ4n) is 3.16. The summed E-state index contributed by atoms with van der Waals surface area (Å²) in [5.74, 6) is 0.440. The first-order valence-corrected chi connectivity index (χ1v) is 9.29. The molecule has 0 fully saturated rings. The molecule has 3 rings (SSSR count). The predicted molar refractivity (Wildman–Crippen MR) is 109 cm³/mol. The van der Waals surface area contributed by atoms with Crippen LogP contribution in [0.1, 0.15) is 37.8 Å². The van der Waals surface area contributed by atoms with Crippen molar-refractivity contribution in [1.29, 1.82) is 0 Å². The minimum atomic E-state index is -0.292. The molecule has 3 amide bonds. The van der Waals surface area contributed by atoms with Crippen LogP contribution >= 0.6 is 0 Å². The molecule has 0 heterocycles. The van der Waals surface area contributed by atoms with E-state index in [2.05, 4.69) is 28.1 Å². The molecule has 27 heavy (non-hydrogen) atoms. The number of anilines is 2. The molecule has 5 nitrogen and oxygen atoms in total. The fraction of sp³-hybridized carbons (Fsp3) is 0.273. The number of urea groups is 1. The molecule has 2 aromatic rings. The van der Waals surface area contributed by atoms with Gasteiger partial charge in [-0.3, -0.25) is 4.79 Å². The van der Waals surface area contributed by atoms with Crippen molar-refractivity contribution in [3.63, 3.8) is 0 Å². The first-order chi connectivity index (χ1) is 13.1. The van der Waals surface area contributed by atoms with E-state index in [0.717, 1.165) is 24.1 Å². The summed E-state index contributed by atoms with van der Waals surface area (Å²) in [7, 11) is 0. The summed E-state index contributed by atoms with van der Waals surface area (Å²) in [4.78, 5) is 24.2. The molecule has 2 atom stereocenters. The number of benzene rings is 2. The van der Waals surface area contributed by atoms with Gasteiger partial charge in [-0.25, -0.2) is 4.79 Å². The third-order valence-corrected chi connectivity index (χ3v) is 4.64. The van der Waals surface area contributed by atoms with Crippen molar-refractivity contribution in [3.05, 3.63) is 72.3 Å². The van der Waals surface area contributed by atoms with E-state index < -0.39 is 0 Å². The monoisotopic (exact) mass is 363 g/mol. The maximum Gasteiger partial charge on any atom is 0.323 e. The zero-order valence-electron chi connectivity index (χ0n) is 15.4. The van der Waals surface area contributed by atoms with Crippen LogP contribution in [0.3, 0.4) is 0 Å². The lowest BCUT2D eigenvalue weighted by Gasteiger charge is -2.16. The quantitative estimate of drug-likeness (QED) is 0.641. The molecule has 0 radical (unpaired) electrons. The van der Waals surface area contributed by atoms with Gasteiger partial charge in [-0.1, -0.05) is 42.5 Å². The summed E-state index contributed by atoms with van der Waals surface area (Å²) in [6.07, 6.45) is 6.94. The van der Waals surface area contributed by atoms with Crippen LogP contribution in [0.25, 0.3) is 0 Å². The van der Waals surface area contributed by atoms with E-state index >= 15 is 0 Å². The van der Waals surface area contributed by atoms with Crippen molar-refractivity contribution in [2.45, 2.75) is 32.2 Å². The van der Waals surface area contributed by atoms with Gasteiger partial charge in [0.1, 0.15) is 0 Å². The van der Waals surface area contributed by atoms with Gasteiger partial charge < -0.3 is 16.0 Å². The number of hydrogen-bond donors (Lipinski definition) is 3. The number of allylic oxidation sites excluding steroid dienone is 2. The van der Waals surface area contributed by atoms with E-state index in [-0.39, 0.29) is 18.0 Å². The molecular weight excluding hydrogens is 338 g/mol. The van der Waals surface area contributed by atoms with Gasteiger partial charge in [0.2, 0.25) is 5.91 Å². The molecule has 0 aliphatic heterocycles. The summed E-state index contributed by atoms with van der Waals surface area (Å²) in [6, 6.07) is 16.4. The van der Waals surface area contributed by atoms with Crippen molar-refractivity contribution in [1.82, 2.24) is 5.32 Å². The van der Waals surface area contributed by atoms with Gasteiger partial charge in [0.05, 0.1) is 6.04 Å². The van der Waals surface area contributed by atoms with Gasteiger partial charge in [0.25, 0.3) is 0 Å². The van der Waals surface area contributed by atoms with Crippen LogP contribution in [0.15, 0.2) is 66.7 Å². The van der Waals surface area contributed by atoms with E-state index in [4.69, 9.17) is 0 Å². The number of rotatable bonds is 6. The molecule has 1 aliphatic rings. The van der Waals surface area contributed by atoms with Crippen molar-refractivity contribution >= 4 is 23.3 Å². The van der Waals surface area contributed by atoms with E-state index in [9.17, 15) is 9.59 Å². The summed E-state index contributed by atoms with van der Waals surface area (Å²) < 4.78 is 0. The van der Waals surface area contributed by atoms with Crippen LogP contribution in [0, 0.1) is 5.92 Å². The Kier molecular flexibility index (Phi) is 6.26. The minimum Gasteiger partial charge on any atom is -0.350 e. The van der Waals surface area contributed by atoms with Crippen LogP contribution in [-0.2, 0) is 4.79 Å². The van der Waals surface area contributed by atoms with Gasteiger partial charge in [0.15, 0.2) is 0 Å². The molecule has 140 valence electrons. The third kappa shape index (κ3) is 5.71. The summed E-state index contributed by atoms with van der Waals surface area (Å²) >= 11 is 0. The van der Waals surface area contributed by atoms with Crippen molar-refractivity contribution in [2.24, 2.45) is 5.92 Å². The molecule has 5 heteroatoms. The maximum atomic E-state index is 12.2. The molecule has 1 aliphatic carbocycles. The number of carbonyl (C=O) groups excluding carboxylic acids is 2. The van der Waals surface area contributed by atoms with E-state index in [0.29, 0.717) is 18.0 Å². The molecular formula is C22H25N3O2. The van der Waals surface area contributed by atoms with E-state index in [1.807, 2.05) is 61.5 Å². The summed E-state index contributed by atoms with van der Waals surface area (Å²) in [5.41, 5.74) is 2.43. The smallest absolute Gasteiger partial charge is 0.323 e. The van der Waals surface area contributed by atoms with Crippen LogP contribution in [0.4, 0.5) is 16.2 Å². The van der Waals surface area contributed by atoms with Crippen LogP contribution < -0.4 is 16.0 Å². The highest BCUT2D eigenvalue weighted by Gasteiger charge is 2.16. The third-order valence-electron chi connectivity index (χ3n) is 4.64. The fourth-order valence-corrected chi connectivity index (χ4v) is 3.16. The lowest BCUT2D eigenvalue weighted by atomic mass is 10.0. The maximum absolute atomic E-state index is 12.2. The zero-order chi connectivity index (χ0) is 19.1. The Morgan fingerprint density at radius 1 is 1.00 bits per heavy atom. The van der Waals surface area contributed by atoms with Gasteiger partial charge in [0, 0.05) is 17.8 Å². The standard InChI is InChI=1S/C22H25N3O2/c1-16(23-21(26)15-17-7-5-6-8-17)18-11-13-20(14-12-18)25-22(27)24-19-9-3-2-4-10-19/h2-5,7,9-14,16-17H,6,8,15H2,1H3,(H,23,26)(H2,24,25,27). The number of hydrogen-bond acceptors (Lipinski definition) is 2. The number of amides is 3. The number of carbonyl (C=O) groups is 2. The van der Waals surface area contributed by atoms with Gasteiger partial charge in [-0.2, -0.15) is 0 Å². The highest BCUT2D eigenvalue weighted by Crippen LogP contribution is 2.21. The van der Waals surface area contributed by atoms with Crippen molar-refractivity contribution < 1.29 is 9.59 Å². The Bertz CT molecular complexity index is 800. The van der Waals surface area contributed by atoms with Gasteiger partial charge >= 0.3 is 6.03 Å². The highest BCUT2D eigenvalue weighted by atomic mass is 16.2. The minimum absolute atomic E-state index is 0.0727. The Balaban J connectivity index is 1.49. The molecule has 3 N–H and O–H groups in total. The lowest BCUT2D eigenvalue weighted by Crippen LogP contribution is -2.27. The second-order valence-electron chi connectivity index (χ2n) is 6.83. The second kappa shape index (κ2) is 9.03. The number of para-hydroxylation sites is 1. The molecule has 0 saturated heterocycles. The highest BCUT2D eigenvalue weighted by molar-refractivity contribution is 5.99. The molecule has 0 spiro atoms. The van der Waals surface area contributed by atoms with Gasteiger partial charge in [-0.15, -0.1) is 0 Å². The number of nitrogens with one attached hydrogen (secondary N) is 3. The van der Waals surface area contributed by atoms with E-state index in [1.54, 1.807) is 0 Å². The van der Waals surface area contributed by atoms with Gasteiger partial charge in [-0.05, 0) is 55.5 Å². The molecule has 0 aromatic heterocycles. The Hall–Kier alpha value is -3.08. The Morgan fingerprint density at radius 2 is 1.67 bits per heavy atom. The van der Waals surface area contributed by atoms with Crippen LogP contribution in [0.2, 0.25) is 0 Å². The average molecular weight is 363 g/mol. The second-order valence-corrected chi connectivity index (χ2v) is 6.83. The summed E-state index contributed by atoms with van der Waals surface area (Å²) in [6.45, 7) is 1.97. The first-order valence-electron chi connectivity index (χ1n) is 9.29. The van der Waals surface area contributed by atoms with Crippen molar-refractivity contribution in [2.75, 3.05) is 10.6 Å². The average Bonchev–Trinajstić information content (AvgIpc) is 3.15. The normalized spacial score (nSPS) is 16.6. The Morgan fingerprint density at radius 3 is 2.30 bits per heavy atom. The first kappa shape index (κ1) is 18.7. The Labute approximate surface area is 159 Å². The predicted octanol–water partition coefficient (Wildman–Crippen LogP) is 4.86. The van der Waals surface area contributed by atoms with Crippen molar-refractivity contribution in [3.8, 4) is 0 Å². The largest absolute Gasteiger partial charge is 0.350 e. The summed E-state index contributed by atoms with van der Waals surface area (Å²) in [5, 5.41) is 8.62. The molecule has 0 saturated carbocycles. The molecule has 2 aromatic carbocycles. The van der Waals surface area contributed by atoms with Crippen LogP contribution in [0.5, 0.6) is 0 Å². The molecule has 2 unspecified atom stereocenters.